The van der Waals surface area contributed by atoms with Crippen LogP contribution in [-0.4, -0.2) is 6.54 Å². The predicted molar refractivity (Wildman–Crippen MR) is 86.9 cm³/mol. The molecule has 2 aromatic rings. The zero-order chi connectivity index (χ0) is 14.2. The van der Waals surface area contributed by atoms with Gasteiger partial charge in [-0.3, -0.25) is 0 Å². The fourth-order valence-electron chi connectivity index (χ4n) is 3.31. The molecule has 0 radical (unpaired) electrons. The molecule has 0 aliphatic carbocycles. The minimum atomic E-state index is 0.0793. The molecule has 0 atom stereocenters. The van der Waals surface area contributed by atoms with Gasteiger partial charge in [0.15, 0.2) is 0 Å². The van der Waals surface area contributed by atoms with Crippen molar-refractivity contribution in [3.8, 4) is 0 Å². The first-order chi connectivity index (χ1) is 9.66. The molecule has 1 heterocycles. The average molecular weight is 265 g/mol. The van der Waals surface area contributed by atoms with Crippen molar-refractivity contribution < 1.29 is 0 Å². The molecule has 0 spiro atoms. The van der Waals surface area contributed by atoms with Gasteiger partial charge in [-0.15, -0.1) is 0 Å². The van der Waals surface area contributed by atoms with E-state index < -0.39 is 0 Å². The fraction of sp³-hybridized carbons (Fsp3) is 0.368. The van der Waals surface area contributed by atoms with Crippen molar-refractivity contribution in [3.63, 3.8) is 0 Å². The third-order valence-corrected chi connectivity index (χ3v) is 4.47. The largest absolute Gasteiger partial charge is 0.341 e. The number of fused-ring (bicyclic) bond motifs is 2. The number of anilines is 2. The van der Waals surface area contributed by atoms with E-state index in [1.54, 1.807) is 0 Å². The van der Waals surface area contributed by atoms with Gasteiger partial charge in [-0.2, -0.15) is 0 Å². The van der Waals surface area contributed by atoms with Gasteiger partial charge >= 0.3 is 0 Å². The van der Waals surface area contributed by atoms with E-state index in [2.05, 4.69) is 74.2 Å². The lowest BCUT2D eigenvalue weighted by Crippen LogP contribution is -2.33. The highest BCUT2D eigenvalue weighted by atomic mass is 15.1. The normalized spacial score (nSPS) is 15.7. The fourth-order valence-corrected chi connectivity index (χ4v) is 3.31. The molecule has 0 aromatic heterocycles. The van der Waals surface area contributed by atoms with Gasteiger partial charge in [0.25, 0.3) is 0 Å². The molecule has 0 fully saturated rings. The van der Waals surface area contributed by atoms with Crippen LogP contribution in [0.5, 0.6) is 0 Å². The molecule has 20 heavy (non-hydrogen) atoms. The summed E-state index contributed by atoms with van der Waals surface area (Å²) >= 11 is 0. The van der Waals surface area contributed by atoms with Crippen molar-refractivity contribution in [1.29, 1.82) is 0 Å². The molecule has 2 aromatic carbocycles. The summed E-state index contributed by atoms with van der Waals surface area (Å²) in [6.45, 7) is 8.02. The molecular weight excluding hydrogens is 242 g/mol. The first kappa shape index (κ1) is 13.2. The Morgan fingerprint density at radius 2 is 1.35 bits per heavy atom. The average Bonchev–Trinajstić information content (AvgIpc) is 2.48. The number of hydrogen-bond acceptors (Lipinski definition) is 1. The van der Waals surface area contributed by atoms with Crippen LogP contribution < -0.4 is 4.90 Å². The van der Waals surface area contributed by atoms with E-state index in [0.717, 1.165) is 6.54 Å². The molecule has 1 heteroatoms. The third kappa shape index (κ3) is 1.93. The number of rotatable bonds is 3. The van der Waals surface area contributed by atoms with Gasteiger partial charge in [-0.1, -0.05) is 63.6 Å². The van der Waals surface area contributed by atoms with Gasteiger partial charge in [0.2, 0.25) is 0 Å². The van der Waals surface area contributed by atoms with Crippen molar-refractivity contribution in [3.05, 3.63) is 59.7 Å². The van der Waals surface area contributed by atoms with Gasteiger partial charge in [-0.25, -0.2) is 0 Å². The SMILES string of the molecule is CCCCN1c2ccccc2C(C)(C)c2ccccc21. The zero-order valence-electron chi connectivity index (χ0n) is 12.7. The molecule has 0 N–H and O–H groups in total. The lowest BCUT2D eigenvalue weighted by atomic mass is 9.73. The Morgan fingerprint density at radius 1 is 0.850 bits per heavy atom. The summed E-state index contributed by atoms with van der Waals surface area (Å²) in [5.41, 5.74) is 5.72. The monoisotopic (exact) mass is 265 g/mol. The minimum Gasteiger partial charge on any atom is -0.341 e. The molecule has 1 nitrogen and oxygen atoms in total. The highest BCUT2D eigenvalue weighted by molar-refractivity contribution is 5.77. The minimum absolute atomic E-state index is 0.0793. The lowest BCUT2D eigenvalue weighted by Gasteiger charge is -2.42. The lowest BCUT2D eigenvalue weighted by molar-refractivity contribution is 0.620. The summed E-state index contributed by atoms with van der Waals surface area (Å²) in [4.78, 5) is 2.50. The van der Waals surface area contributed by atoms with E-state index in [9.17, 15) is 0 Å². The second-order valence-electron chi connectivity index (χ2n) is 6.16. The van der Waals surface area contributed by atoms with Crippen molar-refractivity contribution in [2.45, 2.75) is 39.0 Å². The summed E-state index contributed by atoms with van der Waals surface area (Å²) in [5, 5.41) is 0. The molecule has 0 saturated heterocycles. The van der Waals surface area contributed by atoms with E-state index in [1.165, 1.54) is 35.3 Å². The molecule has 104 valence electrons. The predicted octanol–water partition coefficient (Wildman–Crippen LogP) is 5.26. The van der Waals surface area contributed by atoms with Crippen LogP contribution in [0.2, 0.25) is 0 Å². The maximum Gasteiger partial charge on any atom is 0.0452 e. The maximum absolute atomic E-state index is 2.50. The van der Waals surface area contributed by atoms with E-state index in [1.807, 2.05) is 0 Å². The number of hydrogen-bond donors (Lipinski definition) is 0. The van der Waals surface area contributed by atoms with Crippen LogP contribution in [0.3, 0.4) is 0 Å². The molecule has 0 saturated carbocycles. The highest BCUT2D eigenvalue weighted by Gasteiger charge is 2.35. The Hall–Kier alpha value is -1.76. The van der Waals surface area contributed by atoms with E-state index in [0.29, 0.717) is 0 Å². The van der Waals surface area contributed by atoms with Crippen LogP contribution in [0.4, 0.5) is 11.4 Å². The summed E-state index contributed by atoms with van der Waals surface area (Å²) in [6, 6.07) is 17.7. The van der Waals surface area contributed by atoms with Crippen LogP contribution in [0.1, 0.15) is 44.7 Å². The van der Waals surface area contributed by atoms with Gasteiger partial charge in [0.05, 0.1) is 0 Å². The number of nitrogens with zero attached hydrogens (tertiary/aromatic N) is 1. The Kier molecular flexibility index (Phi) is 3.29. The standard InChI is InChI=1S/C19H23N/c1-4-5-14-20-17-12-8-6-10-15(17)19(2,3)16-11-7-9-13-18(16)20/h6-13H,4-5,14H2,1-3H3. The van der Waals surface area contributed by atoms with Crippen LogP contribution in [0.25, 0.3) is 0 Å². The van der Waals surface area contributed by atoms with Crippen LogP contribution in [0.15, 0.2) is 48.5 Å². The summed E-state index contributed by atoms with van der Waals surface area (Å²) in [5.74, 6) is 0. The van der Waals surface area contributed by atoms with E-state index in [4.69, 9.17) is 0 Å². The number of para-hydroxylation sites is 2. The highest BCUT2D eigenvalue weighted by Crippen LogP contribution is 2.48. The van der Waals surface area contributed by atoms with E-state index in [-0.39, 0.29) is 5.41 Å². The molecule has 3 rings (SSSR count). The summed E-state index contributed by atoms with van der Waals surface area (Å²) < 4.78 is 0. The van der Waals surface area contributed by atoms with Crippen molar-refractivity contribution in [2.24, 2.45) is 0 Å². The second-order valence-corrected chi connectivity index (χ2v) is 6.16. The molecular formula is C19H23N. The van der Waals surface area contributed by atoms with Gasteiger partial charge < -0.3 is 4.90 Å². The van der Waals surface area contributed by atoms with Crippen LogP contribution in [0, 0.1) is 0 Å². The Labute approximate surface area is 122 Å². The van der Waals surface area contributed by atoms with Crippen molar-refractivity contribution in [2.75, 3.05) is 11.4 Å². The molecule has 0 bridgehead atoms. The van der Waals surface area contributed by atoms with Gasteiger partial charge in [0, 0.05) is 23.3 Å². The van der Waals surface area contributed by atoms with Crippen LogP contribution >= 0.6 is 0 Å². The first-order valence-corrected chi connectivity index (χ1v) is 7.63. The van der Waals surface area contributed by atoms with Crippen molar-refractivity contribution >= 4 is 11.4 Å². The van der Waals surface area contributed by atoms with Crippen LogP contribution in [-0.2, 0) is 5.41 Å². The van der Waals surface area contributed by atoms with Gasteiger partial charge in [-0.05, 0) is 29.7 Å². The number of unbranched alkanes of at least 4 members (excludes halogenated alkanes) is 1. The third-order valence-electron chi connectivity index (χ3n) is 4.47. The molecule has 0 unspecified atom stereocenters. The molecule has 0 amide bonds. The smallest absolute Gasteiger partial charge is 0.0452 e. The Morgan fingerprint density at radius 3 is 1.85 bits per heavy atom. The molecule has 1 aliphatic heterocycles. The summed E-state index contributed by atoms with van der Waals surface area (Å²) in [7, 11) is 0. The Bertz CT molecular complexity index is 563. The van der Waals surface area contributed by atoms with Gasteiger partial charge in [0.1, 0.15) is 0 Å². The zero-order valence-corrected chi connectivity index (χ0v) is 12.7. The second kappa shape index (κ2) is 4.97. The Balaban J connectivity index is 2.19. The quantitative estimate of drug-likeness (QED) is 0.731. The number of benzene rings is 2. The molecule has 1 aliphatic rings. The van der Waals surface area contributed by atoms with Crippen molar-refractivity contribution in [1.82, 2.24) is 0 Å². The van der Waals surface area contributed by atoms with E-state index >= 15 is 0 Å². The topological polar surface area (TPSA) is 3.24 Å². The summed E-state index contributed by atoms with van der Waals surface area (Å²) in [6.07, 6.45) is 2.45. The first-order valence-electron chi connectivity index (χ1n) is 7.63. The maximum atomic E-state index is 2.50.